The highest BCUT2D eigenvalue weighted by Crippen LogP contribution is 2.21. The summed E-state index contributed by atoms with van der Waals surface area (Å²) in [5.41, 5.74) is 10.6. The smallest absolute Gasteiger partial charge is 0.365 e. The predicted molar refractivity (Wildman–Crippen MR) is 120 cm³/mol. The number of aliphatic hydroxyl groups is 4. The van der Waals surface area contributed by atoms with Crippen molar-refractivity contribution in [3.63, 3.8) is 0 Å². The van der Waals surface area contributed by atoms with E-state index in [1.165, 1.54) is 21.6 Å². The molecule has 33 heavy (non-hydrogen) atoms. The van der Waals surface area contributed by atoms with Gasteiger partial charge in [-0.05, 0) is 0 Å². The molecule has 3 atom stereocenters. The van der Waals surface area contributed by atoms with Crippen molar-refractivity contribution in [1.29, 1.82) is 0 Å². The number of thiol groups is 1. The van der Waals surface area contributed by atoms with E-state index in [1.807, 2.05) is 0 Å². The lowest BCUT2D eigenvalue weighted by atomic mass is 10.4. The van der Waals surface area contributed by atoms with Crippen LogP contribution in [0.25, 0.3) is 0 Å². The number of carboxylic acid groups (broad SMARTS) is 1. The van der Waals surface area contributed by atoms with E-state index in [1.54, 1.807) is 0 Å². The monoisotopic (exact) mass is 567 g/mol. The Morgan fingerprint density at radius 1 is 0.758 bits per heavy atom. The zero-order valence-corrected chi connectivity index (χ0v) is 21.4. The Kier molecular flexibility index (Phi) is 40.6. The van der Waals surface area contributed by atoms with Crippen LogP contribution in [0.5, 0.6) is 0 Å². The first kappa shape index (κ1) is 42.6. The standard InChI is InChI=1S/C10H20N2O6S2.C3H7NO2S.C2H6O2.ClH.H2O/c11-7(9(15)17-3-1-13)5-19-20-6-8(12)10(16)18-4-2-14;4-2(1-7)3(5)6;3-1-2-4;;/h7-8,13-14H,1-6,11-12H2;2,7H,1,4H2,(H,5,6);3-4H,1-2H2;1H;1H2/p+2. The van der Waals surface area contributed by atoms with Crippen LogP contribution in [-0.4, -0.2) is 124 Å². The molecule has 0 radical (unpaired) electrons. The Hall–Kier alpha value is -0.570. The second-order valence-corrected chi connectivity index (χ2v) is 8.33. The molecule has 0 aromatic rings. The molecule has 0 spiro atoms. The van der Waals surface area contributed by atoms with Crippen molar-refractivity contribution in [2.45, 2.75) is 18.1 Å². The maximum Gasteiger partial charge on any atom is 0.365 e. The van der Waals surface area contributed by atoms with Crippen LogP contribution < -0.4 is 29.6 Å². The summed E-state index contributed by atoms with van der Waals surface area (Å²) in [6.45, 7) is -0.723. The fourth-order valence-corrected chi connectivity index (χ4v) is 3.52. The number of carboxylic acids is 1. The normalized spacial score (nSPS) is 12.0. The molecule has 16 N–H and O–H groups in total. The van der Waals surface area contributed by atoms with Gasteiger partial charge in [0.15, 0.2) is 18.1 Å². The molecule has 0 rings (SSSR count). The van der Waals surface area contributed by atoms with Gasteiger partial charge in [0.1, 0.15) is 13.2 Å². The van der Waals surface area contributed by atoms with Gasteiger partial charge in [-0.25, -0.2) is 14.4 Å². The molecule has 3 unspecified atom stereocenters. The number of esters is 2. The maximum absolute atomic E-state index is 11.3. The number of quaternary nitrogens is 3. The summed E-state index contributed by atoms with van der Waals surface area (Å²) in [7, 11) is 2.77. The molecule has 0 amide bonds. The van der Waals surface area contributed by atoms with Crippen LogP contribution in [0.2, 0.25) is 0 Å². The average Bonchev–Trinajstić information content (AvgIpc) is 2.77. The topological polar surface area (TPSA) is 285 Å². The molecule has 14 nitrogen and oxygen atoms in total. The largest absolute Gasteiger partial charge is 1.00 e. The molecule has 18 heteroatoms. The number of hydrogen-bond donors (Lipinski definition) is 9. The Balaban J connectivity index is -0.000000168. The third kappa shape index (κ3) is 31.4. The molecule has 0 fully saturated rings. The number of ether oxygens (including phenoxy) is 2. The minimum atomic E-state index is -0.894. The highest BCUT2D eigenvalue weighted by molar-refractivity contribution is 8.76. The third-order valence-electron chi connectivity index (χ3n) is 2.63. The summed E-state index contributed by atoms with van der Waals surface area (Å²) in [6.07, 6.45) is 0. The van der Waals surface area contributed by atoms with Gasteiger partial charge in [-0.2, -0.15) is 12.6 Å². The van der Waals surface area contributed by atoms with Gasteiger partial charge >= 0.3 is 17.9 Å². The lowest BCUT2D eigenvalue weighted by molar-refractivity contribution is -0.401. The zero-order valence-electron chi connectivity index (χ0n) is 18.1. The van der Waals surface area contributed by atoms with Crippen LogP contribution in [0.1, 0.15) is 0 Å². The van der Waals surface area contributed by atoms with Crippen molar-refractivity contribution < 1.29 is 84.5 Å². The minimum Gasteiger partial charge on any atom is -1.00 e. The van der Waals surface area contributed by atoms with Gasteiger partial charge in [0.2, 0.25) is 0 Å². The lowest BCUT2D eigenvalue weighted by Gasteiger charge is -2.09. The molecule has 202 valence electrons. The first-order chi connectivity index (χ1) is 14.6. The van der Waals surface area contributed by atoms with E-state index in [4.69, 9.17) is 35.0 Å². The van der Waals surface area contributed by atoms with Crippen LogP contribution in [0.3, 0.4) is 0 Å². The van der Waals surface area contributed by atoms with Crippen LogP contribution in [-0.2, 0) is 23.9 Å². The predicted octanol–water partition coefficient (Wildman–Crippen LogP) is -9.58. The number of carbonyl (C=O) groups excluding carboxylic acids is 2. The molecule has 0 bridgehead atoms. The van der Waals surface area contributed by atoms with Crippen LogP contribution in [0.4, 0.5) is 0 Å². The second-order valence-electron chi connectivity index (χ2n) is 5.41. The van der Waals surface area contributed by atoms with Crippen LogP contribution >= 0.6 is 34.2 Å². The fourth-order valence-electron chi connectivity index (χ4n) is 1.00. The fraction of sp³-hybridized carbons (Fsp3) is 0.800. The van der Waals surface area contributed by atoms with Gasteiger partial charge in [0.25, 0.3) is 0 Å². The number of aliphatic carboxylic acids is 1. The average molecular weight is 568 g/mol. The van der Waals surface area contributed by atoms with Crippen molar-refractivity contribution in [2.75, 3.05) is 56.9 Å². The first-order valence-corrected chi connectivity index (χ1v) is 12.1. The van der Waals surface area contributed by atoms with E-state index in [9.17, 15) is 14.4 Å². The minimum absolute atomic E-state index is 0. The molecule has 0 aliphatic rings. The Morgan fingerprint density at radius 3 is 1.27 bits per heavy atom. The summed E-state index contributed by atoms with van der Waals surface area (Å²) >= 11 is 3.71. The number of carbonyl (C=O) groups is 3. The van der Waals surface area contributed by atoms with Crippen molar-refractivity contribution in [2.24, 2.45) is 0 Å². The maximum atomic E-state index is 11.3. The molecular weight excluding hydrogens is 530 g/mol. The highest BCUT2D eigenvalue weighted by atomic mass is 35.5. The summed E-state index contributed by atoms with van der Waals surface area (Å²) < 4.78 is 9.46. The van der Waals surface area contributed by atoms with E-state index in [0.717, 1.165) is 0 Å². The van der Waals surface area contributed by atoms with Gasteiger partial charge in [-0.1, -0.05) is 21.6 Å². The second kappa shape index (κ2) is 31.4. The summed E-state index contributed by atoms with van der Waals surface area (Å²) in [4.78, 5) is 32.5. The molecule has 0 aromatic carbocycles. The molecule has 0 aromatic heterocycles. The number of aliphatic hydroxyl groups excluding tert-OH is 4. The van der Waals surface area contributed by atoms with E-state index >= 15 is 0 Å². The van der Waals surface area contributed by atoms with Gasteiger partial charge in [-0.3, -0.25) is 0 Å². The Labute approximate surface area is 211 Å². The van der Waals surface area contributed by atoms with Crippen molar-refractivity contribution in [3.05, 3.63) is 0 Å². The number of halogens is 1. The van der Waals surface area contributed by atoms with Crippen molar-refractivity contribution in [1.82, 2.24) is 0 Å². The van der Waals surface area contributed by atoms with E-state index < -0.39 is 36.0 Å². The van der Waals surface area contributed by atoms with E-state index in [2.05, 4.69) is 29.8 Å². The summed E-state index contributed by atoms with van der Waals surface area (Å²) in [5.74, 6) is -0.632. The number of hydrogen-bond acceptors (Lipinski definition) is 12. The summed E-state index contributed by atoms with van der Waals surface area (Å²) in [5, 5.41) is 40.3. The van der Waals surface area contributed by atoms with E-state index in [0.29, 0.717) is 17.3 Å². The van der Waals surface area contributed by atoms with Gasteiger partial charge < -0.3 is 70.1 Å². The first-order valence-electron chi connectivity index (χ1n) is 8.96. The highest BCUT2D eigenvalue weighted by Gasteiger charge is 2.21. The van der Waals surface area contributed by atoms with Crippen molar-refractivity contribution >= 4 is 52.1 Å². The number of rotatable bonds is 14. The van der Waals surface area contributed by atoms with E-state index in [-0.39, 0.29) is 57.5 Å². The van der Waals surface area contributed by atoms with Crippen LogP contribution in [0, 0.1) is 0 Å². The quantitative estimate of drug-likeness (QED) is 0.0409. The van der Waals surface area contributed by atoms with Gasteiger partial charge in [-0.15, -0.1) is 0 Å². The van der Waals surface area contributed by atoms with Gasteiger partial charge in [0, 0.05) is 0 Å². The molecule has 0 saturated heterocycles. The SMILES string of the molecule is O.OCCO.[Cl-].[NH3+]C(CS)C(=O)O.[NH3+]C(CSSCC([NH3+])C(=O)OCCO)C(=O)OCCO. The molecular formula is C15H38ClN3O11S3+2. The summed E-state index contributed by atoms with van der Waals surface area (Å²) in [6, 6.07) is -1.62. The van der Waals surface area contributed by atoms with Crippen molar-refractivity contribution in [3.8, 4) is 0 Å². The van der Waals surface area contributed by atoms with Gasteiger partial charge in [0.05, 0.1) is 43.7 Å². The molecule has 0 aliphatic heterocycles. The van der Waals surface area contributed by atoms with Crippen LogP contribution in [0.15, 0.2) is 0 Å². The Bertz CT molecular complexity index is 444. The molecule has 0 heterocycles. The zero-order chi connectivity index (χ0) is 24.7. The Morgan fingerprint density at radius 2 is 1.09 bits per heavy atom. The third-order valence-corrected chi connectivity index (χ3v) is 5.63. The molecule has 0 aliphatic carbocycles. The molecule has 0 saturated carbocycles. The lowest BCUT2D eigenvalue weighted by Crippen LogP contribution is -3.00.